The SMILES string of the molecule is COc1ccc(Nc2ncc(Cl)c(N3C[C@H](CC(=O)NCc4ccc(Cl)cc4)C[C@H](CC(=O)NCc4ccc(Cl)cc4)C3)n2)c(OC)c1OC. The average Bonchev–Trinajstić information content (AvgIpc) is 3.11. The number of piperidine rings is 1. The first kappa shape index (κ1) is 36.8. The Labute approximate surface area is 306 Å². The summed E-state index contributed by atoms with van der Waals surface area (Å²) in [4.78, 5) is 37.5. The molecule has 3 N–H and O–H groups in total. The van der Waals surface area contributed by atoms with E-state index >= 15 is 0 Å². The van der Waals surface area contributed by atoms with Gasteiger partial charge in [-0.05, 0) is 65.8 Å². The molecule has 2 atom stereocenters. The highest BCUT2D eigenvalue weighted by Gasteiger charge is 2.32. The summed E-state index contributed by atoms with van der Waals surface area (Å²) < 4.78 is 16.5. The van der Waals surface area contributed by atoms with Gasteiger partial charge in [0, 0.05) is 49.1 Å². The van der Waals surface area contributed by atoms with E-state index in [4.69, 9.17) is 54.0 Å². The number of halogens is 3. The van der Waals surface area contributed by atoms with Gasteiger partial charge in [-0.3, -0.25) is 9.59 Å². The maximum absolute atomic E-state index is 13.2. The van der Waals surface area contributed by atoms with Gasteiger partial charge >= 0.3 is 0 Å². The van der Waals surface area contributed by atoms with Crippen LogP contribution in [0.5, 0.6) is 17.2 Å². The molecular weight excluding hydrogens is 703 g/mol. The lowest BCUT2D eigenvalue weighted by molar-refractivity contribution is -0.122. The normalized spacial score (nSPS) is 15.6. The van der Waals surface area contributed by atoms with Crippen molar-refractivity contribution in [2.75, 3.05) is 44.6 Å². The Morgan fingerprint density at radius 3 is 1.80 bits per heavy atom. The zero-order chi connectivity index (χ0) is 35.6. The molecule has 0 spiro atoms. The van der Waals surface area contributed by atoms with Gasteiger partial charge in [0.2, 0.25) is 23.5 Å². The average molecular weight is 742 g/mol. The summed E-state index contributed by atoms with van der Waals surface area (Å²) in [5, 5.41) is 10.8. The molecule has 0 aliphatic carbocycles. The Hall–Kier alpha value is -4.45. The van der Waals surface area contributed by atoms with E-state index in [1.54, 1.807) is 43.5 Å². The summed E-state index contributed by atoms with van der Waals surface area (Å²) in [7, 11) is 4.60. The highest BCUT2D eigenvalue weighted by molar-refractivity contribution is 6.33. The fourth-order valence-corrected chi connectivity index (χ4v) is 6.48. The van der Waals surface area contributed by atoms with Crippen LogP contribution < -0.4 is 35.1 Å². The monoisotopic (exact) mass is 740 g/mol. The highest BCUT2D eigenvalue weighted by Crippen LogP contribution is 2.43. The van der Waals surface area contributed by atoms with Crippen LogP contribution >= 0.6 is 34.8 Å². The molecule has 11 nitrogen and oxygen atoms in total. The Balaban J connectivity index is 1.33. The smallest absolute Gasteiger partial charge is 0.229 e. The maximum atomic E-state index is 13.2. The van der Waals surface area contributed by atoms with Crippen molar-refractivity contribution in [3.05, 3.63) is 93.1 Å². The predicted molar refractivity (Wildman–Crippen MR) is 196 cm³/mol. The van der Waals surface area contributed by atoms with Gasteiger partial charge in [-0.1, -0.05) is 59.1 Å². The number of anilines is 3. The first-order chi connectivity index (χ1) is 24.1. The number of nitrogens with one attached hydrogen (secondary N) is 3. The number of methoxy groups -OCH3 is 3. The van der Waals surface area contributed by atoms with Crippen molar-refractivity contribution in [3.63, 3.8) is 0 Å². The van der Waals surface area contributed by atoms with Crippen molar-refractivity contribution in [2.24, 2.45) is 11.8 Å². The molecule has 14 heteroatoms. The number of hydrogen-bond donors (Lipinski definition) is 3. The summed E-state index contributed by atoms with van der Waals surface area (Å²) in [5.41, 5.74) is 2.45. The van der Waals surface area contributed by atoms with Crippen LogP contribution in [0, 0.1) is 11.8 Å². The van der Waals surface area contributed by atoms with E-state index in [9.17, 15) is 9.59 Å². The first-order valence-corrected chi connectivity index (χ1v) is 17.1. The standard InChI is InChI=1S/C36H39Cl3N6O5/c1-48-30-13-12-29(33(49-2)34(30)50-3)43-36-42-19-28(39)35(44-36)45-20-24(15-31(46)40-17-22-4-8-26(37)9-5-22)14-25(21-45)16-32(47)41-18-23-6-10-27(38)11-7-23/h4-13,19,24-25H,14-18,20-21H2,1-3H3,(H,40,46)(H,41,47)(H,42,43,44)/t24-,25+. The molecule has 264 valence electrons. The zero-order valence-electron chi connectivity index (χ0n) is 28.0. The van der Waals surface area contributed by atoms with Crippen molar-refractivity contribution in [3.8, 4) is 17.2 Å². The molecule has 1 aromatic heterocycles. The number of aromatic nitrogens is 2. The number of amides is 2. The molecule has 5 rings (SSSR count). The molecular formula is C36H39Cl3N6O5. The third-order valence-electron chi connectivity index (χ3n) is 8.35. The van der Waals surface area contributed by atoms with Crippen LogP contribution in [0.4, 0.5) is 17.5 Å². The fourth-order valence-electron chi connectivity index (χ4n) is 6.02. The summed E-state index contributed by atoms with van der Waals surface area (Å²) >= 11 is 18.7. The van der Waals surface area contributed by atoms with E-state index in [-0.39, 0.29) is 42.4 Å². The summed E-state index contributed by atoms with van der Waals surface area (Å²) in [6.45, 7) is 1.78. The molecule has 2 amide bonds. The van der Waals surface area contributed by atoms with Crippen LogP contribution in [0.15, 0.2) is 66.9 Å². The highest BCUT2D eigenvalue weighted by atomic mass is 35.5. The Bertz CT molecular complexity index is 1710. The van der Waals surface area contributed by atoms with E-state index in [0.717, 1.165) is 11.1 Å². The number of nitrogens with zero attached hydrogens (tertiary/aromatic N) is 3. The molecule has 0 unspecified atom stereocenters. The minimum atomic E-state index is -0.0885. The summed E-state index contributed by atoms with van der Waals surface area (Å²) in [6.07, 6.45) is 2.73. The van der Waals surface area contributed by atoms with Crippen LogP contribution in [0.25, 0.3) is 0 Å². The molecule has 3 aromatic carbocycles. The molecule has 0 saturated carbocycles. The van der Waals surface area contributed by atoms with Crippen molar-refractivity contribution in [2.45, 2.75) is 32.4 Å². The Kier molecular flexibility index (Phi) is 12.9. The van der Waals surface area contributed by atoms with Gasteiger partial charge in [0.1, 0.15) is 5.02 Å². The Morgan fingerprint density at radius 1 is 0.760 bits per heavy atom. The van der Waals surface area contributed by atoms with E-state index in [2.05, 4.69) is 20.9 Å². The van der Waals surface area contributed by atoms with Gasteiger partial charge in [-0.2, -0.15) is 4.98 Å². The van der Waals surface area contributed by atoms with Crippen molar-refractivity contribution in [1.29, 1.82) is 0 Å². The third kappa shape index (κ3) is 9.83. The van der Waals surface area contributed by atoms with Gasteiger partial charge in [0.15, 0.2) is 17.3 Å². The van der Waals surface area contributed by atoms with Crippen LogP contribution in [0.2, 0.25) is 15.1 Å². The van der Waals surface area contributed by atoms with E-state index in [0.29, 0.717) is 76.4 Å². The van der Waals surface area contributed by atoms with Gasteiger partial charge < -0.3 is 35.1 Å². The molecule has 1 saturated heterocycles. The van der Waals surface area contributed by atoms with Crippen LogP contribution in [-0.2, 0) is 22.7 Å². The first-order valence-electron chi connectivity index (χ1n) is 16.0. The van der Waals surface area contributed by atoms with E-state index < -0.39 is 0 Å². The lowest BCUT2D eigenvalue weighted by Crippen LogP contribution is -2.44. The van der Waals surface area contributed by atoms with Gasteiger partial charge in [-0.25, -0.2) is 4.98 Å². The molecule has 2 heterocycles. The van der Waals surface area contributed by atoms with Crippen LogP contribution in [0.3, 0.4) is 0 Å². The lowest BCUT2D eigenvalue weighted by atomic mass is 9.85. The lowest BCUT2D eigenvalue weighted by Gasteiger charge is -2.38. The van der Waals surface area contributed by atoms with Gasteiger partial charge in [0.05, 0.1) is 33.2 Å². The second-order valence-corrected chi connectivity index (χ2v) is 13.2. The quantitative estimate of drug-likeness (QED) is 0.125. The molecule has 1 fully saturated rings. The number of hydrogen-bond acceptors (Lipinski definition) is 9. The number of ether oxygens (including phenoxy) is 3. The minimum Gasteiger partial charge on any atom is -0.493 e. The van der Waals surface area contributed by atoms with Crippen molar-refractivity contribution < 1.29 is 23.8 Å². The minimum absolute atomic E-state index is 0.0728. The van der Waals surface area contributed by atoms with Crippen LogP contribution in [0.1, 0.15) is 30.4 Å². The molecule has 4 aromatic rings. The third-order valence-corrected chi connectivity index (χ3v) is 9.12. The van der Waals surface area contributed by atoms with E-state index in [1.807, 2.05) is 29.2 Å². The topological polar surface area (TPSA) is 127 Å². The number of carbonyl (C=O) groups excluding carboxylic acids is 2. The molecule has 50 heavy (non-hydrogen) atoms. The largest absolute Gasteiger partial charge is 0.493 e. The molecule has 0 bridgehead atoms. The molecule has 0 radical (unpaired) electrons. The Morgan fingerprint density at radius 2 is 1.30 bits per heavy atom. The maximum Gasteiger partial charge on any atom is 0.229 e. The second-order valence-electron chi connectivity index (χ2n) is 12.0. The summed E-state index contributed by atoms with van der Waals surface area (Å²) in [6, 6.07) is 18.2. The molecule has 1 aliphatic heterocycles. The molecule has 1 aliphatic rings. The predicted octanol–water partition coefficient (Wildman–Crippen LogP) is 7.06. The van der Waals surface area contributed by atoms with E-state index in [1.165, 1.54) is 20.4 Å². The van der Waals surface area contributed by atoms with Gasteiger partial charge in [-0.15, -0.1) is 0 Å². The number of rotatable bonds is 14. The number of carbonyl (C=O) groups is 2. The number of benzene rings is 3. The second kappa shape index (κ2) is 17.5. The van der Waals surface area contributed by atoms with Crippen molar-refractivity contribution >= 4 is 64.1 Å². The zero-order valence-corrected chi connectivity index (χ0v) is 30.2. The summed E-state index contributed by atoms with van der Waals surface area (Å²) in [5.74, 6) is 1.78. The van der Waals surface area contributed by atoms with Crippen molar-refractivity contribution in [1.82, 2.24) is 20.6 Å². The van der Waals surface area contributed by atoms with Crippen LogP contribution in [-0.4, -0.2) is 56.2 Å². The fraction of sp³-hybridized carbons (Fsp3) is 0.333. The van der Waals surface area contributed by atoms with Gasteiger partial charge in [0.25, 0.3) is 0 Å².